The normalized spacial score (nSPS) is 11.7. The molecule has 130 valence electrons. The molecule has 0 unspecified atom stereocenters. The number of guanidine groups is 1. The molecule has 2 rings (SSSR count). The molecule has 0 bridgehead atoms. The van der Waals surface area contributed by atoms with Crippen LogP contribution in [0.2, 0.25) is 0 Å². The van der Waals surface area contributed by atoms with Crippen LogP contribution in [0.3, 0.4) is 0 Å². The maximum atomic E-state index is 4.60. The fourth-order valence-electron chi connectivity index (χ4n) is 2.72. The second-order valence-electron chi connectivity index (χ2n) is 5.98. The van der Waals surface area contributed by atoms with Crippen LogP contribution in [0.1, 0.15) is 31.5 Å². The largest absolute Gasteiger partial charge is 0.356 e. The van der Waals surface area contributed by atoms with E-state index in [2.05, 4.69) is 44.9 Å². The maximum Gasteiger partial charge on any atom is 0.193 e. The number of fused-ring (bicyclic) bond motifs is 1. The zero-order valence-electron chi connectivity index (χ0n) is 14.9. The zero-order valence-corrected chi connectivity index (χ0v) is 14.9. The van der Waals surface area contributed by atoms with Crippen LogP contribution in [-0.2, 0) is 6.42 Å². The fourth-order valence-corrected chi connectivity index (χ4v) is 2.72. The molecule has 2 aromatic rings. The monoisotopic (exact) mass is 327 g/mol. The summed E-state index contributed by atoms with van der Waals surface area (Å²) in [5.74, 6) is 1.95. The molecule has 1 aromatic heterocycles. The first kappa shape index (κ1) is 18.0. The van der Waals surface area contributed by atoms with Crippen molar-refractivity contribution in [3.8, 4) is 0 Å². The van der Waals surface area contributed by atoms with E-state index in [-0.39, 0.29) is 0 Å². The van der Waals surface area contributed by atoms with Gasteiger partial charge in [-0.25, -0.2) is 4.98 Å². The number of allylic oxidation sites excluding steroid dienone is 1. The van der Waals surface area contributed by atoms with Crippen LogP contribution in [-0.4, -0.2) is 48.0 Å². The van der Waals surface area contributed by atoms with Crippen LogP contribution in [0.5, 0.6) is 0 Å². The number of benzene rings is 1. The highest BCUT2D eigenvalue weighted by Gasteiger charge is 2.06. The lowest BCUT2D eigenvalue weighted by Crippen LogP contribution is -2.40. The van der Waals surface area contributed by atoms with E-state index in [1.807, 2.05) is 31.3 Å². The molecule has 2 N–H and O–H groups in total. The summed E-state index contributed by atoms with van der Waals surface area (Å²) in [5.41, 5.74) is 2.11. The predicted molar refractivity (Wildman–Crippen MR) is 102 cm³/mol. The van der Waals surface area contributed by atoms with E-state index < -0.39 is 0 Å². The highest BCUT2D eigenvalue weighted by atomic mass is 15.3. The molecule has 0 saturated heterocycles. The molecule has 0 amide bonds. The Morgan fingerprint density at radius 2 is 2.17 bits per heavy atom. The molecule has 1 aromatic carbocycles. The minimum Gasteiger partial charge on any atom is -0.356 e. The Hall–Kier alpha value is -2.30. The van der Waals surface area contributed by atoms with Crippen LogP contribution in [0, 0.1) is 0 Å². The van der Waals surface area contributed by atoms with Crippen molar-refractivity contribution in [2.24, 2.45) is 4.99 Å². The summed E-state index contributed by atoms with van der Waals surface area (Å²) in [6, 6.07) is 8.12. The van der Waals surface area contributed by atoms with E-state index in [9.17, 15) is 0 Å². The van der Waals surface area contributed by atoms with Crippen molar-refractivity contribution in [1.82, 2.24) is 20.2 Å². The van der Waals surface area contributed by atoms with Gasteiger partial charge in [0, 0.05) is 33.6 Å². The van der Waals surface area contributed by atoms with Crippen LogP contribution in [0.15, 0.2) is 41.9 Å². The topological polar surface area (TPSA) is 56.3 Å². The van der Waals surface area contributed by atoms with E-state index in [1.54, 1.807) is 0 Å². The number of para-hydroxylation sites is 2. The lowest BCUT2D eigenvalue weighted by molar-refractivity contribution is 0.455. The molecular weight excluding hydrogens is 298 g/mol. The molecule has 0 aliphatic heterocycles. The molecule has 0 spiro atoms. The first-order valence-electron chi connectivity index (χ1n) is 8.71. The van der Waals surface area contributed by atoms with Gasteiger partial charge in [0.1, 0.15) is 5.82 Å². The third kappa shape index (κ3) is 5.41. The molecule has 0 saturated carbocycles. The third-order valence-electron chi connectivity index (χ3n) is 4.06. The molecule has 5 nitrogen and oxygen atoms in total. The minimum absolute atomic E-state index is 0.813. The summed E-state index contributed by atoms with van der Waals surface area (Å²) >= 11 is 0. The van der Waals surface area contributed by atoms with Crippen molar-refractivity contribution in [2.45, 2.75) is 32.1 Å². The average Bonchev–Trinajstić information content (AvgIpc) is 3.01. The lowest BCUT2D eigenvalue weighted by atomic mass is 10.2. The molecule has 0 aliphatic carbocycles. The number of nitrogens with one attached hydrogen (secondary N) is 2. The molecular formula is C19H29N5. The molecule has 0 fully saturated rings. The van der Waals surface area contributed by atoms with Gasteiger partial charge in [0.15, 0.2) is 5.96 Å². The number of rotatable bonds is 9. The minimum atomic E-state index is 0.813. The van der Waals surface area contributed by atoms with Gasteiger partial charge in [-0.15, -0.1) is 6.58 Å². The third-order valence-corrected chi connectivity index (χ3v) is 4.06. The summed E-state index contributed by atoms with van der Waals surface area (Å²) in [5, 5.41) is 3.41. The van der Waals surface area contributed by atoms with Crippen LogP contribution < -0.4 is 5.32 Å². The summed E-state index contributed by atoms with van der Waals surface area (Å²) < 4.78 is 0. The van der Waals surface area contributed by atoms with Crippen molar-refractivity contribution in [3.63, 3.8) is 0 Å². The lowest BCUT2D eigenvalue weighted by Gasteiger charge is -2.21. The Morgan fingerprint density at radius 1 is 1.33 bits per heavy atom. The maximum absolute atomic E-state index is 4.60. The first-order chi connectivity index (χ1) is 11.7. The number of imidazole rings is 1. The first-order valence-corrected chi connectivity index (χ1v) is 8.71. The van der Waals surface area contributed by atoms with Gasteiger partial charge in [-0.05, 0) is 31.4 Å². The molecule has 0 atom stereocenters. The van der Waals surface area contributed by atoms with Crippen molar-refractivity contribution >= 4 is 17.0 Å². The SMILES string of the molecule is C=CCCCCCN(C)C(=NC)NCCc1nc2ccccc2[nH]1. The van der Waals surface area contributed by atoms with Gasteiger partial charge in [0.25, 0.3) is 0 Å². The smallest absolute Gasteiger partial charge is 0.193 e. The summed E-state index contributed by atoms with van der Waals surface area (Å²) in [4.78, 5) is 14.5. The van der Waals surface area contributed by atoms with Crippen LogP contribution >= 0.6 is 0 Å². The number of aromatic amines is 1. The van der Waals surface area contributed by atoms with Crippen LogP contribution in [0.25, 0.3) is 11.0 Å². The van der Waals surface area contributed by atoms with E-state index in [1.165, 1.54) is 19.3 Å². The quantitative estimate of drug-likeness (QED) is 0.321. The van der Waals surface area contributed by atoms with Crippen molar-refractivity contribution < 1.29 is 0 Å². The summed E-state index contributed by atoms with van der Waals surface area (Å²) in [6.07, 6.45) is 7.56. The Balaban J connectivity index is 1.73. The van der Waals surface area contributed by atoms with Gasteiger partial charge < -0.3 is 15.2 Å². The summed E-state index contributed by atoms with van der Waals surface area (Å²) in [6.45, 7) is 5.59. The average molecular weight is 327 g/mol. The van der Waals surface area contributed by atoms with Gasteiger partial charge >= 0.3 is 0 Å². The van der Waals surface area contributed by atoms with Gasteiger partial charge in [-0.1, -0.05) is 24.6 Å². The number of nitrogens with zero attached hydrogens (tertiary/aromatic N) is 3. The number of unbranched alkanes of at least 4 members (excludes halogenated alkanes) is 3. The Bertz CT molecular complexity index is 626. The highest BCUT2D eigenvalue weighted by Crippen LogP contribution is 2.10. The predicted octanol–water partition coefficient (Wildman–Crippen LogP) is 3.36. The Labute approximate surface area is 144 Å². The van der Waals surface area contributed by atoms with Crippen LogP contribution in [0.4, 0.5) is 0 Å². The van der Waals surface area contributed by atoms with E-state index >= 15 is 0 Å². The molecule has 5 heteroatoms. The molecule has 0 radical (unpaired) electrons. The number of aliphatic imine (C=N–C) groups is 1. The number of hydrogen-bond acceptors (Lipinski definition) is 2. The molecule has 0 aliphatic rings. The number of H-pyrrole nitrogens is 1. The zero-order chi connectivity index (χ0) is 17.2. The van der Waals surface area contributed by atoms with Crippen molar-refractivity contribution in [2.75, 3.05) is 27.2 Å². The Kier molecular flexibility index (Phi) is 7.33. The fraction of sp³-hybridized carbons (Fsp3) is 0.474. The Morgan fingerprint density at radius 3 is 2.92 bits per heavy atom. The van der Waals surface area contributed by atoms with Gasteiger partial charge in [-0.2, -0.15) is 0 Å². The second-order valence-corrected chi connectivity index (χ2v) is 5.98. The number of hydrogen-bond donors (Lipinski definition) is 2. The van der Waals surface area contributed by atoms with Crippen molar-refractivity contribution in [1.29, 1.82) is 0 Å². The number of aromatic nitrogens is 2. The highest BCUT2D eigenvalue weighted by molar-refractivity contribution is 5.79. The molecule has 24 heavy (non-hydrogen) atoms. The standard InChI is InChI=1S/C19H29N5/c1-4-5-6-7-10-15-24(3)19(20-2)21-14-13-18-22-16-11-8-9-12-17(16)23-18/h4,8-9,11-12H,1,5-7,10,13-15H2,2-3H3,(H,20,21)(H,22,23). The summed E-state index contributed by atoms with van der Waals surface area (Å²) in [7, 11) is 3.92. The van der Waals surface area contributed by atoms with Gasteiger partial charge in [-0.3, -0.25) is 4.99 Å². The van der Waals surface area contributed by atoms with E-state index in [0.29, 0.717) is 0 Å². The van der Waals surface area contributed by atoms with E-state index in [4.69, 9.17) is 0 Å². The van der Waals surface area contributed by atoms with Gasteiger partial charge in [0.05, 0.1) is 11.0 Å². The van der Waals surface area contributed by atoms with Gasteiger partial charge in [0.2, 0.25) is 0 Å². The molecule has 1 heterocycles. The second kappa shape index (κ2) is 9.75. The van der Waals surface area contributed by atoms with E-state index in [0.717, 1.165) is 48.7 Å². The van der Waals surface area contributed by atoms with Crippen molar-refractivity contribution in [3.05, 3.63) is 42.7 Å².